The van der Waals surface area contributed by atoms with E-state index in [1.54, 1.807) is 10.6 Å². The average molecular weight is 422 g/mol. The molecule has 31 heavy (non-hydrogen) atoms. The first kappa shape index (κ1) is 20.5. The van der Waals surface area contributed by atoms with E-state index in [1.807, 2.05) is 31.2 Å². The maximum atomic E-state index is 12.7. The summed E-state index contributed by atoms with van der Waals surface area (Å²) in [6, 6.07) is 12.0. The van der Waals surface area contributed by atoms with Crippen LogP contribution in [0.5, 0.6) is 0 Å². The number of aryl methyl sites for hydroxylation is 2. The number of non-ortho nitro benzene ring substituents is 1. The highest BCUT2D eigenvalue weighted by Crippen LogP contribution is 2.30. The minimum atomic E-state index is -0.521. The number of ether oxygens (including phenoxy) is 1. The van der Waals surface area contributed by atoms with Gasteiger partial charge in [-0.05, 0) is 36.6 Å². The molecular weight excluding hydrogens is 400 g/mol. The first-order valence-corrected chi connectivity index (χ1v) is 10.2. The lowest BCUT2D eigenvalue weighted by atomic mass is 10.0. The number of aromatic nitrogens is 2. The van der Waals surface area contributed by atoms with Gasteiger partial charge in [0.15, 0.2) is 6.61 Å². The van der Waals surface area contributed by atoms with Gasteiger partial charge < -0.3 is 14.2 Å². The Morgan fingerprint density at radius 2 is 2.03 bits per heavy atom. The number of fused-ring (bicyclic) bond motifs is 2. The number of para-hydroxylation sites is 2. The van der Waals surface area contributed by atoms with E-state index in [4.69, 9.17) is 4.74 Å². The topological polar surface area (TPSA) is 108 Å². The Morgan fingerprint density at radius 1 is 1.23 bits per heavy atom. The quantitative estimate of drug-likeness (QED) is 0.343. The first-order chi connectivity index (χ1) is 15.0. The predicted molar refractivity (Wildman–Crippen MR) is 114 cm³/mol. The number of hydrogen-bond acceptors (Lipinski definition) is 6. The number of benzene rings is 2. The number of amides is 1. The zero-order valence-electron chi connectivity index (χ0n) is 17.1. The van der Waals surface area contributed by atoms with Gasteiger partial charge in [-0.25, -0.2) is 4.98 Å². The molecule has 3 aromatic rings. The average Bonchev–Trinajstić information content (AvgIpc) is 3.14. The molecule has 0 N–H and O–H groups in total. The van der Waals surface area contributed by atoms with Crippen LogP contribution >= 0.6 is 0 Å². The fraction of sp³-hybridized carbons (Fsp3) is 0.318. The Balaban J connectivity index is 1.43. The summed E-state index contributed by atoms with van der Waals surface area (Å²) in [4.78, 5) is 41.8. The van der Waals surface area contributed by atoms with E-state index in [2.05, 4.69) is 4.98 Å². The van der Waals surface area contributed by atoms with Gasteiger partial charge in [-0.2, -0.15) is 0 Å². The monoisotopic (exact) mass is 422 g/mol. The van der Waals surface area contributed by atoms with Crippen molar-refractivity contribution in [2.24, 2.45) is 0 Å². The van der Waals surface area contributed by atoms with Gasteiger partial charge in [0, 0.05) is 30.8 Å². The lowest BCUT2D eigenvalue weighted by molar-refractivity contribution is -0.384. The second kappa shape index (κ2) is 8.55. The van der Waals surface area contributed by atoms with E-state index >= 15 is 0 Å². The Morgan fingerprint density at radius 3 is 2.81 bits per heavy atom. The Hall–Kier alpha value is -3.75. The van der Waals surface area contributed by atoms with E-state index in [1.165, 1.54) is 17.0 Å². The van der Waals surface area contributed by atoms with Gasteiger partial charge in [0.05, 0.1) is 16.0 Å². The number of esters is 1. The third kappa shape index (κ3) is 4.11. The van der Waals surface area contributed by atoms with Crippen LogP contribution in [0.25, 0.3) is 11.0 Å². The van der Waals surface area contributed by atoms with E-state index in [-0.39, 0.29) is 24.7 Å². The van der Waals surface area contributed by atoms with Gasteiger partial charge in [-0.15, -0.1) is 0 Å². The molecule has 9 heteroatoms. The van der Waals surface area contributed by atoms with Crippen LogP contribution in [0, 0.1) is 10.1 Å². The highest BCUT2D eigenvalue weighted by molar-refractivity contribution is 5.96. The molecule has 4 rings (SSSR count). The van der Waals surface area contributed by atoms with Crippen molar-refractivity contribution in [2.75, 3.05) is 18.1 Å². The molecule has 0 aliphatic carbocycles. The van der Waals surface area contributed by atoms with Gasteiger partial charge in [0.25, 0.3) is 11.6 Å². The molecule has 160 valence electrons. The Kier molecular flexibility index (Phi) is 5.66. The molecule has 0 atom stereocenters. The number of anilines is 1. The van der Waals surface area contributed by atoms with Crippen LogP contribution in [-0.4, -0.2) is 39.5 Å². The van der Waals surface area contributed by atoms with Crippen LogP contribution in [0.2, 0.25) is 0 Å². The number of rotatable bonds is 6. The minimum absolute atomic E-state index is 0.00114. The van der Waals surface area contributed by atoms with Crippen LogP contribution in [0.3, 0.4) is 0 Å². The third-order valence-electron chi connectivity index (χ3n) is 5.39. The minimum Gasteiger partial charge on any atom is -0.454 e. The summed E-state index contributed by atoms with van der Waals surface area (Å²) in [5.41, 5.74) is 3.03. The zero-order chi connectivity index (χ0) is 22.0. The van der Waals surface area contributed by atoms with Crippen molar-refractivity contribution in [3.8, 4) is 0 Å². The lowest BCUT2D eigenvalue weighted by Crippen LogP contribution is -2.38. The van der Waals surface area contributed by atoms with Crippen molar-refractivity contribution < 1.29 is 19.2 Å². The van der Waals surface area contributed by atoms with E-state index in [0.717, 1.165) is 22.4 Å². The molecule has 1 aromatic heterocycles. The molecule has 1 aliphatic rings. The Bertz CT molecular complexity index is 1170. The van der Waals surface area contributed by atoms with Crippen LogP contribution in [0.15, 0.2) is 42.5 Å². The molecule has 2 heterocycles. The number of nitro groups is 1. The molecular formula is C22H22N4O5. The molecule has 0 fully saturated rings. The molecule has 1 amide bonds. The maximum absolute atomic E-state index is 12.7. The van der Waals surface area contributed by atoms with Gasteiger partial charge in [0.1, 0.15) is 12.4 Å². The highest BCUT2D eigenvalue weighted by Gasteiger charge is 2.25. The predicted octanol–water partition coefficient (Wildman–Crippen LogP) is 3.03. The maximum Gasteiger partial charge on any atom is 0.326 e. The Labute approximate surface area is 178 Å². The van der Waals surface area contributed by atoms with E-state index in [0.29, 0.717) is 31.5 Å². The summed E-state index contributed by atoms with van der Waals surface area (Å²) in [7, 11) is 0. The molecule has 0 bridgehead atoms. The second-order valence-corrected chi connectivity index (χ2v) is 7.34. The summed E-state index contributed by atoms with van der Waals surface area (Å²) in [6.07, 6.45) is 2.01. The summed E-state index contributed by atoms with van der Waals surface area (Å²) in [6.45, 7) is 2.03. The number of nitrogens with zero attached hydrogens (tertiary/aromatic N) is 4. The molecule has 1 aliphatic heterocycles. The summed E-state index contributed by atoms with van der Waals surface area (Å²) >= 11 is 0. The van der Waals surface area contributed by atoms with Gasteiger partial charge in [-0.3, -0.25) is 19.7 Å². The van der Waals surface area contributed by atoms with Crippen molar-refractivity contribution in [1.82, 2.24) is 9.55 Å². The van der Waals surface area contributed by atoms with Crippen LogP contribution in [0.1, 0.15) is 24.7 Å². The molecule has 0 saturated carbocycles. The number of nitro benzene ring substituents is 1. The van der Waals surface area contributed by atoms with Crippen molar-refractivity contribution in [3.05, 3.63) is 64.0 Å². The van der Waals surface area contributed by atoms with Gasteiger partial charge >= 0.3 is 5.97 Å². The number of carbonyl (C=O) groups is 2. The van der Waals surface area contributed by atoms with Crippen molar-refractivity contribution in [2.45, 2.75) is 32.7 Å². The van der Waals surface area contributed by atoms with Crippen LogP contribution in [0.4, 0.5) is 11.4 Å². The first-order valence-electron chi connectivity index (χ1n) is 10.2. The molecule has 0 spiro atoms. The number of imidazole rings is 1. The van der Waals surface area contributed by atoms with Gasteiger partial charge in [0.2, 0.25) is 0 Å². The van der Waals surface area contributed by atoms with Crippen LogP contribution < -0.4 is 4.90 Å². The number of carbonyl (C=O) groups excluding carboxylic acids is 2. The number of hydrogen-bond donors (Lipinski definition) is 0. The fourth-order valence-corrected chi connectivity index (χ4v) is 3.92. The van der Waals surface area contributed by atoms with Gasteiger partial charge in [-0.1, -0.05) is 19.1 Å². The normalized spacial score (nSPS) is 13.1. The lowest BCUT2D eigenvalue weighted by Gasteiger charge is -2.29. The molecule has 0 radical (unpaired) electrons. The summed E-state index contributed by atoms with van der Waals surface area (Å²) < 4.78 is 7.07. The summed E-state index contributed by atoms with van der Waals surface area (Å²) in [5.74, 6) is -0.0995. The van der Waals surface area contributed by atoms with Crippen molar-refractivity contribution >= 4 is 34.3 Å². The molecule has 0 unspecified atom stereocenters. The smallest absolute Gasteiger partial charge is 0.326 e. The second-order valence-electron chi connectivity index (χ2n) is 7.34. The highest BCUT2D eigenvalue weighted by atomic mass is 16.6. The van der Waals surface area contributed by atoms with Crippen LogP contribution in [-0.2, 0) is 33.7 Å². The van der Waals surface area contributed by atoms with E-state index in [9.17, 15) is 19.7 Å². The summed E-state index contributed by atoms with van der Waals surface area (Å²) in [5, 5.41) is 11.0. The largest absolute Gasteiger partial charge is 0.454 e. The molecule has 9 nitrogen and oxygen atoms in total. The molecule has 2 aromatic carbocycles. The molecule has 0 saturated heterocycles. The zero-order valence-corrected chi connectivity index (χ0v) is 17.1. The van der Waals surface area contributed by atoms with Crippen molar-refractivity contribution in [3.63, 3.8) is 0 Å². The SMILES string of the molecule is CCc1nc2ccccc2n1CC(=O)OCC(=O)N1CCCc2cc([N+](=O)[O-])ccc21. The van der Waals surface area contributed by atoms with E-state index < -0.39 is 10.9 Å². The standard InChI is InChI=1S/C22H22N4O5/c1-2-20-23-17-7-3-4-8-19(17)25(20)13-22(28)31-14-21(27)24-11-5-6-15-12-16(26(29)30)9-10-18(15)24/h3-4,7-10,12H,2,5-6,11,13-14H2,1H3. The van der Waals surface area contributed by atoms with Crippen molar-refractivity contribution in [1.29, 1.82) is 0 Å². The fourth-order valence-electron chi connectivity index (χ4n) is 3.92. The third-order valence-corrected chi connectivity index (χ3v) is 5.39.